The van der Waals surface area contributed by atoms with Gasteiger partial charge in [-0.05, 0) is 13.8 Å². The van der Waals surface area contributed by atoms with E-state index < -0.39 is 16.5 Å². The van der Waals surface area contributed by atoms with E-state index in [1.165, 1.54) is 0 Å². The molecule has 0 aliphatic carbocycles. The first kappa shape index (κ1) is 11.0. The number of rotatable bonds is 3. The Labute approximate surface area is 74.6 Å². The Bertz CT molecular complexity index is 144. The van der Waals surface area contributed by atoms with Crippen LogP contribution in [-0.2, 0) is 9.53 Å². The summed E-state index contributed by atoms with van der Waals surface area (Å²) in [6.07, 6.45) is 0. The molecule has 0 aliphatic rings. The van der Waals surface area contributed by atoms with Crippen molar-refractivity contribution in [3.05, 3.63) is 0 Å². The maximum Gasteiger partial charge on any atom is 0.328 e. The Morgan fingerprint density at radius 2 is 2.27 bits per heavy atom. The van der Waals surface area contributed by atoms with Crippen molar-refractivity contribution in [3.63, 3.8) is 0 Å². The highest BCUT2D eigenvalue weighted by Crippen LogP contribution is 2.26. The zero-order valence-corrected chi connectivity index (χ0v) is 7.75. The van der Waals surface area contributed by atoms with Crippen LogP contribution in [-0.4, -0.2) is 23.1 Å². The molecular formula is C6H9Cl2FO2. The highest BCUT2D eigenvalue weighted by molar-refractivity contribution is 6.37. The standard InChI is InChI=1S/C6H9Cl2FO2/c1-3-11-5(10)4(7)6(2,8)9/h4H,3H2,1-2H3. The number of alkyl halides is 3. The lowest BCUT2D eigenvalue weighted by molar-refractivity contribution is -0.144. The highest BCUT2D eigenvalue weighted by atomic mass is 35.5. The molecule has 0 spiro atoms. The van der Waals surface area contributed by atoms with Crippen molar-refractivity contribution in [2.75, 3.05) is 6.61 Å². The Kier molecular flexibility index (Phi) is 4.11. The summed E-state index contributed by atoms with van der Waals surface area (Å²) in [4.78, 5) is 10.7. The van der Waals surface area contributed by atoms with E-state index in [1.807, 2.05) is 0 Å². The van der Waals surface area contributed by atoms with Gasteiger partial charge in [-0.15, -0.1) is 11.6 Å². The van der Waals surface area contributed by atoms with Gasteiger partial charge in [0, 0.05) is 0 Å². The number of halogens is 3. The summed E-state index contributed by atoms with van der Waals surface area (Å²) in [5, 5.41) is -3.71. The Morgan fingerprint density at radius 3 is 2.55 bits per heavy atom. The fourth-order valence-corrected chi connectivity index (χ4v) is 0.574. The molecule has 0 aliphatic heterocycles. The smallest absolute Gasteiger partial charge is 0.328 e. The third-order valence-corrected chi connectivity index (χ3v) is 1.86. The number of hydrogen-bond donors (Lipinski definition) is 0. The largest absolute Gasteiger partial charge is 0.465 e. The maximum absolute atomic E-state index is 12.7. The fraction of sp³-hybridized carbons (Fsp3) is 0.833. The van der Waals surface area contributed by atoms with Crippen molar-refractivity contribution in [1.29, 1.82) is 0 Å². The van der Waals surface area contributed by atoms with Gasteiger partial charge in [-0.1, -0.05) is 11.6 Å². The van der Waals surface area contributed by atoms with E-state index in [2.05, 4.69) is 4.74 Å². The molecule has 2 nitrogen and oxygen atoms in total. The molecule has 0 amide bonds. The number of carbonyl (C=O) groups excluding carboxylic acids is 1. The average molecular weight is 203 g/mol. The van der Waals surface area contributed by atoms with E-state index in [-0.39, 0.29) is 6.61 Å². The minimum absolute atomic E-state index is 0.162. The summed E-state index contributed by atoms with van der Waals surface area (Å²) in [5.74, 6) is -0.839. The molecule has 11 heavy (non-hydrogen) atoms. The summed E-state index contributed by atoms with van der Waals surface area (Å²) < 4.78 is 17.1. The summed E-state index contributed by atoms with van der Waals surface area (Å²) in [5.41, 5.74) is 0. The van der Waals surface area contributed by atoms with Crippen molar-refractivity contribution >= 4 is 29.2 Å². The third kappa shape index (κ3) is 3.77. The van der Waals surface area contributed by atoms with Gasteiger partial charge < -0.3 is 4.74 Å². The highest BCUT2D eigenvalue weighted by Gasteiger charge is 2.37. The van der Waals surface area contributed by atoms with Crippen molar-refractivity contribution in [1.82, 2.24) is 0 Å². The lowest BCUT2D eigenvalue weighted by Gasteiger charge is -2.16. The van der Waals surface area contributed by atoms with Gasteiger partial charge in [0.2, 0.25) is 5.13 Å². The number of carbonyl (C=O) groups is 1. The van der Waals surface area contributed by atoms with Crippen molar-refractivity contribution in [3.8, 4) is 0 Å². The number of ether oxygens (including phenoxy) is 1. The maximum atomic E-state index is 12.7. The summed E-state index contributed by atoms with van der Waals surface area (Å²) in [6.45, 7) is 2.77. The van der Waals surface area contributed by atoms with Crippen LogP contribution >= 0.6 is 23.2 Å². The first-order valence-corrected chi connectivity index (χ1v) is 3.89. The Morgan fingerprint density at radius 1 is 1.82 bits per heavy atom. The first-order chi connectivity index (χ1) is 4.89. The van der Waals surface area contributed by atoms with E-state index in [4.69, 9.17) is 23.2 Å². The van der Waals surface area contributed by atoms with E-state index in [9.17, 15) is 9.18 Å². The molecule has 0 heterocycles. The normalized spacial score (nSPS) is 18.6. The fourth-order valence-electron chi connectivity index (χ4n) is 0.422. The minimum Gasteiger partial charge on any atom is -0.465 e. The van der Waals surface area contributed by atoms with E-state index >= 15 is 0 Å². The van der Waals surface area contributed by atoms with Crippen LogP contribution in [0.5, 0.6) is 0 Å². The van der Waals surface area contributed by atoms with Crippen LogP contribution in [0.3, 0.4) is 0 Å². The van der Waals surface area contributed by atoms with Gasteiger partial charge >= 0.3 is 5.97 Å². The van der Waals surface area contributed by atoms with E-state index in [0.29, 0.717) is 0 Å². The first-order valence-electron chi connectivity index (χ1n) is 3.08. The number of esters is 1. The zero-order chi connectivity index (χ0) is 9.07. The van der Waals surface area contributed by atoms with Crippen LogP contribution in [0.15, 0.2) is 0 Å². The van der Waals surface area contributed by atoms with Crippen LogP contribution < -0.4 is 0 Å². The molecular weight excluding hydrogens is 194 g/mol. The lowest BCUT2D eigenvalue weighted by Crippen LogP contribution is -2.33. The zero-order valence-electron chi connectivity index (χ0n) is 6.23. The SMILES string of the molecule is CCOC(=O)C(Cl)C(C)(F)Cl. The van der Waals surface area contributed by atoms with Gasteiger partial charge in [-0.25, -0.2) is 4.39 Å². The predicted octanol–water partition coefficient (Wildman–Crippen LogP) is 2.08. The second-order valence-electron chi connectivity index (χ2n) is 2.07. The van der Waals surface area contributed by atoms with Gasteiger partial charge in [0.1, 0.15) is 0 Å². The van der Waals surface area contributed by atoms with Crippen molar-refractivity contribution in [2.45, 2.75) is 24.4 Å². The van der Waals surface area contributed by atoms with Gasteiger partial charge in [0.05, 0.1) is 6.61 Å². The van der Waals surface area contributed by atoms with Gasteiger partial charge in [0.25, 0.3) is 0 Å². The number of hydrogen-bond acceptors (Lipinski definition) is 2. The van der Waals surface area contributed by atoms with Crippen LogP contribution in [0.2, 0.25) is 0 Å². The molecule has 0 aromatic heterocycles. The minimum atomic E-state index is -2.26. The van der Waals surface area contributed by atoms with Crippen molar-refractivity contribution in [2.24, 2.45) is 0 Å². The quantitative estimate of drug-likeness (QED) is 0.518. The summed E-state index contributed by atoms with van der Waals surface area (Å²) in [7, 11) is 0. The van der Waals surface area contributed by atoms with Crippen LogP contribution in [0.1, 0.15) is 13.8 Å². The molecule has 2 unspecified atom stereocenters. The second-order valence-corrected chi connectivity index (χ2v) is 3.25. The predicted molar refractivity (Wildman–Crippen MR) is 41.6 cm³/mol. The van der Waals surface area contributed by atoms with Crippen LogP contribution in [0, 0.1) is 0 Å². The van der Waals surface area contributed by atoms with Gasteiger partial charge in [-0.2, -0.15) is 0 Å². The van der Waals surface area contributed by atoms with Crippen molar-refractivity contribution < 1.29 is 13.9 Å². The molecule has 5 heteroatoms. The summed E-state index contributed by atoms with van der Waals surface area (Å²) in [6, 6.07) is 0. The lowest BCUT2D eigenvalue weighted by atomic mass is 10.3. The monoisotopic (exact) mass is 202 g/mol. The molecule has 0 bridgehead atoms. The van der Waals surface area contributed by atoms with E-state index in [0.717, 1.165) is 6.92 Å². The van der Waals surface area contributed by atoms with Crippen LogP contribution in [0.25, 0.3) is 0 Å². The van der Waals surface area contributed by atoms with Gasteiger partial charge in [-0.3, -0.25) is 4.79 Å². The molecule has 0 N–H and O–H groups in total. The molecule has 0 aromatic carbocycles. The van der Waals surface area contributed by atoms with Crippen LogP contribution in [0.4, 0.5) is 4.39 Å². The summed E-state index contributed by atoms with van der Waals surface area (Å²) >= 11 is 10.4. The Hall–Kier alpha value is -0.0200. The average Bonchev–Trinajstić information content (AvgIpc) is 1.85. The topological polar surface area (TPSA) is 26.3 Å². The van der Waals surface area contributed by atoms with Gasteiger partial charge in [0.15, 0.2) is 5.38 Å². The molecule has 0 aromatic rings. The second kappa shape index (κ2) is 4.12. The molecule has 0 radical (unpaired) electrons. The Balaban J connectivity index is 4.03. The molecule has 0 fully saturated rings. The molecule has 66 valence electrons. The third-order valence-electron chi connectivity index (χ3n) is 0.939. The van der Waals surface area contributed by atoms with E-state index in [1.54, 1.807) is 6.92 Å². The molecule has 2 atom stereocenters. The molecule has 0 saturated carbocycles. The molecule has 0 rings (SSSR count). The molecule has 0 saturated heterocycles.